The van der Waals surface area contributed by atoms with Crippen molar-refractivity contribution < 1.29 is 8.78 Å². The summed E-state index contributed by atoms with van der Waals surface area (Å²) in [6.07, 6.45) is 0. The van der Waals surface area contributed by atoms with Crippen molar-refractivity contribution in [3.05, 3.63) is 25.6 Å². The van der Waals surface area contributed by atoms with Crippen LogP contribution in [0.25, 0.3) is 11.2 Å². The summed E-state index contributed by atoms with van der Waals surface area (Å²) in [6.45, 7) is -2.94. The Balaban J connectivity index is 3.14. The number of aromatic amines is 2. The van der Waals surface area contributed by atoms with Crippen molar-refractivity contribution in [3.63, 3.8) is 0 Å². The second-order valence-corrected chi connectivity index (χ2v) is 3.48. The van der Waals surface area contributed by atoms with E-state index in [1.807, 2.05) is 4.98 Å². The van der Waals surface area contributed by atoms with Crippen molar-refractivity contribution in [3.8, 4) is 0 Å². The smallest absolute Gasteiger partial charge is 0.316 e. The van der Waals surface area contributed by atoms with Gasteiger partial charge < -0.3 is 4.98 Å². The summed E-state index contributed by atoms with van der Waals surface area (Å²) in [5.74, 6) is 0. The predicted molar refractivity (Wildman–Crippen MR) is 54.2 cm³/mol. The summed E-state index contributed by atoms with van der Waals surface area (Å²) in [5.41, 5.74) is -1.97. The van der Waals surface area contributed by atoms with Crippen LogP contribution in [-0.2, 0) is 7.05 Å². The van der Waals surface area contributed by atoms with Crippen LogP contribution in [0.2, 0.25) is 0 Å². The van der Waals surface area contributed by atoms with Crippen LogP contribution in [0.15, 0.2) is 9.59 Å². The minimum absolute atomic E-state index is 0.0287. The van der Waals surface area contributed by atoms with E-state index in [1.54, 1.807) is 0 Å². The van der Waals surface area contributed by atoms with Crippen LogP contribution in [0.1, 0.15) is 6.55 Å². The van der Waals surface area contributed by atoms with E-state index in [0.717, 1.165) is 4.57 Å². The Bertz CT molecular complexity index is 723. The fourth-order valence-electron chi connectivity index (χ4n) is 1.42. The van der Waals surface area contributed by atoms with Crippen LogP contribution in [-0.4, -0.2) is 19.1 Å². The van der Waals surface area contributed by atoms with E-state index in [9.17, 15) is 18.4 Å². The molecule has 0 bridgehead atoms. The first-order chi connectivity index (χ1) is 7.43. The number of hydrogen-bond donors (Lipinski definition) is 2. The maximum Gasteiger partial charge on any atom is 0.329 e. The van der Waals surface area contributed by atoms with Crippen molar-refractivity contribution in [1.29, 1.82) is 0 Å². The number of hydrogen-bond acceptors (Lipinski definition) is 3. The lowest BCUT2D eigenvalue weighted by atomic mass is 10.5. The first-order valence-electron chi connectivity index (χ1n) is 4.15. The Morgan fingerprint density at radius 1 is 1.31 bits per heavy atom. The molecule has 0 fully saturated rings. The molecule has 9 heteroatoms. The monoisotopic (exact) mass is 248 g/mol. The molecule has 0 unspecified atom stereocenters. The number of nitrogens with zero attached hydrogens (tertiary/aromatic N) is 2. The summed E-state index contributed by atoms with van der Waals surface area (Å²) in [6, 6.07) is 0. The number of aryl methyl sites for hydroxylation is 1. The van der Waals surface area contributed by atoms with Gasteiger partial charge in [0.25, 0.3) is 5.56 Å². The highest BCUT2D eigenvalue weighted by atomic mass is 32.1. The molecule has 2 heterocycles. The largest absolute Gasteiger partial charge is 0.329 e. The van der Waals surface area contributed by atoms with Crippen molar-refractivity contribution in [2.24, 2.45) is 7.05 Å². The van der Waals surface area contributed by atoms with Crippen molar-refractivity contribution >= 4 is 23.4 Å². The molecule has 0 amide bonds. The van der Waals surface area contributed by atoms with Crippen molar-refractivity contribution in [2.45, 2.75) is 6.55 Å². The normalized spacial score (nSPS) is 11.5. The minimum atomic E-state index is -2.94. The van der Waals surface area contributed by atoms with Gasteiger partial charge in [-0.3, -0.25) is 18.9 Å². The molecular weight excluding hydrogens is 242 g/mol. The van der Waals surface area contributed by atoms with E-state index in [-0.39, 0.29) is 15.9 Å². The third-order valence-electron chi connectivity index (χ3n) is 2.18. The molecule has 2 aromatic heterocycles. The zero-order valence-corrected chi connectivity index (χ0v) is 8.77. The molecule has 2 N–H and O–H groups in total. The molecule has 0 aromatic carbocycles. The molecule has 0 atom stereocenters. The molecule has 0 aliphatic carbocycles. The van der Waals surface area contributed by atoms with Crippen LogP contribution in [0.5, 0.6) is 0 Å². The molecule has 6 nitrogen and oxygen atoms in total. The van der Waals surface area contributed by atoms with Gasteiger partial charge in [-0.05, 0) is 12.2 Å². The molecule has 86 valence electrons. The van der Waals surface area contributed by atoms with Gasteiger partial charge in [-0.1, -0.05) is 0 Å². The van der Waals surface area contributed by atoms with Gasteiger partial charge in [-0.15, -0.1) is 0 Å². The van der Waals surface area contributed by atoms with Gasteiger partial charge in [0.15, 0.2) is 10.3 Å². The Kier molecular flexibility index (Phi) is 2.26. The highest BCUT2D eigenvalue weighted by molar-refractivity contribution is 7.71. The summed E-state index contributed by atoms with van der Waals surface area (Å²) in [4.78, 5) is 26.9. The Morgan fingerprint density at radius 2 is 1.94 bits per heavy atom. The van der Waals surface area contributed by atoms with Crippen LogP contribution >= 0.6 is 12.2 Å². The lowest BCUT2D eigenvalue weighted by Crippen LogP contribution is -2.29. The second-order valence-electron chi connectivity index (χ2n) is 3.09. The average Bonchev–Trinajstić information content (AvgIpc) is 2.52. The van der Waals surface area contributed by atoms with Crippen molar-refractivity contribution in [1.82, 2.24) is 19.1 Å². The summed E-state index contributed by atoms with van der Waals surface area (Å²) in [7, 11) is 1.34. The van der Waals surface area contributed by atoms with Gasteiger partial charge in [-0.25, -0.2) is 4.79 Å². The highest BCUT2D eigenvalue weighted by Gasteiger charge is 2.17. The minimum Gasteiger partial charge on any atom is -0.316 e. The van der Waals surface area contributed by atoms with E-state index in [0.29, 0.717) is 4.57 Å². The van der Waals surface area contributed by atoms with Gasteiger partial charge in [-0.2, -0.15) is 8.78 Å². The molecule has 0 saturated carbocycles. The second kappa shape index (κ2) is 3.37. The molecule has 16 heavy (non-hydrogen) atoms. The van der Waals surface area contributed by atoms with Gasteiger partial charge >= 0.3 is 12.2 Å². The summed E-state index contributed by atoms with van der Waals surface area (Å²) < 4.78 is 26.3. The maximum absolute atomic E-state index is 12.6. The lowest BCUT2D eigenvalue weighted by molar-refractivity contribution is 0.0729. The summed E-state index contributed by atoms with van der Waals surface area (Å²) in [5, 5.41) is 0. The van der Waals surface area contributed by atoms with Crippen molar-refractivity contribution in [2.75, 3.05) is 0 Å². The zero-order chi connectivity index (χ0) is 12.0. The molecule has 0 aliphatic heterocycles. The standard InChI is InChI=1S/C7H6F2N4O2S/c1-12-3-2(4(14)11-6(12)15)13(5(8)9)7(16)10-3/h5H,1H3,(H,10,16)(H,11,14,15). The Morgan fingerprint density at radius 3 is 2.50 bits per heavy atom. The van der Waals surface area contributed by atoms with Gasteiger partial charge in [0.1, 0.15) is 5.65 Å². The first kappa shape index (κ1) is 10.7. The number of H-pyrrole nitrogens is 2. The number of fused-ring (bicyclic) bond motifs is 1. The predicted octanol–water partition coefficient (Wildman–Crippen LogP) is 0.481. The third kappa shape index (κ3) is 1.32. The molecule has 0 radical (unpaired) electrons. The molecule has 2 rings (SSSR count). The number of rotatable bonds is 1. The molecule has 0 aliphatic rings. The first-order valence-corrected chi connectivity index (χ1v) is 4.56. The van der Waals surface area contributed by atoms with E-state index < -0.39 is 17.8 Å². The van der Waals surface area contributed by atoms with E-state index in [1.165, 1.54) is 7.05 Å². The molecule has 0 saturated heterocycles. The number of aromatic nitrogens is 4. The molecular formula is C7H6F2N4O2S. The van der Waals surface area contributed by atoms with Gasteiger partial charge in [0.05, 0.1) is 0 Å². The Hall–Kier alpha value is -1.77. The van der Waals surface area contributed by atoms with E-state index in [4.69, 9.17) is 0 Å². The quantitative estimate of drug-likeness (QED) is 0.721. The van der Waals surface area contributed by atoms with Gasteiger partial charge in [0, 0.05) is 7.05 Å². The molecule has 2 aromatic rings. The third-order valence-corrected chi connectivity index (χ3v) is 2.48. The van der Waals surface area contributed by atoms with Gasteiger partial charge in [0.2, 0.25) is 0 Å². The fraction of sp³-hybridized carbons (Fsp3) is 0.286. The average molecular weight is 248 g/mol. The van der Waals surface area contributed by atoms with E-state index in [2.05, 4.69) is 17.2 Å². The topological polar surface area (TPSA) is 75.6 Å². The number of alkyl halides is 2. The SMILES string of the molecule is Cn1c(=O)[nH]c(=O)c2c1[nH]c(=S)n2C(F)F. The van der Waals surface area contributed by atoms with E-state index >= 15 is 0 Å². The number of imidazole rings is 1. The number of nitrogens with one attached hydrogen (secondary N) is 2. The summed E-state index contributed by atoms with van der Waals surface area (Å²) >= 11 is 4.65. The fourth-order valence-corrected chi connectivity index (χ4v) is 1.69. The lowest BCUT2D eigenvalue weighted by Gasteiger charge is -2.01. The van der Waals surface area contributed by atoms with Crippen LogP contribution in [0.3, 0.4) is 0 Å². The zero-order valence-electron chi connectivity index (χ0n) is 7.95. The highest BCUT2D eigenvalue weighted by Crippen LogP contribution is 2.16. The van der Waals surface area contributed by atoms with Crippen LogP contribution < -0.4 is 11.2 Å². The number of halogens is 2. The maximum atomic E-state index is 12.6. The Labute approximate surface area is 91.1 Å². The van der Waals surface area contributed by atoms with Crippen LogP contribution in [0, 0.1) is 4.77 Å². The molecule has 0 spiro atoms. The van der Waals surface area contributed by atoms with Crippen LogP contribution in [0.4, 0.5) is 8.78 Å².